The average Bonchev–Trinajstić information content (AvgIpc) is 2.74. The summed E-state index contributed by atoms with van der Waals surface area (Å²) in [6.45, 7) is 0. The molecule has 0 aliphatic rings. The third-order valence-corrected chi connectivity index (χ3v) is 5.03. The summed E-state index contributed by atoms with van der Waals surface area (Å²) in [6, 6.07) is 11.5. The Balaban J connectivity index is 2.41. The average molecular weight is 484 g/mol. The Kier molecular flexibility index (Phi) is 6.32. The van der Waals surface area contributed by atoms with Crippen molar-refractivity contribution in [3.63, 3.8) is 0 Å². The fraction of sp³-hybridized carbons (Fsp3) is 0.130. The van der Waals surface area contributed by atoms with Crippen LogP contribution >= 0.6 is 0 Å². The predicted molar refractivity (Wildman–Crippen MR) is 106 cm³/mol. The van der Waals surface area contributed by atoms with Crippen LogP contribution in [0.1, 0.15) is 31.8 Å². The maximum Gasteiger partial charge on any atom is 0.411 e. The van der Waals surface area contributed by atoms with Gasteiger partial charge in [0.1, 0.15) is 11.5 Å². The summed E-state index contributed by atoms with van der Waals surface area (Å²) >= 11 is 0. The van der Waals surface area contributed by atoms with Gasteiger partial charge >= 0.3 is 24.3 Å². The molecule has 0 bridgehead atoms. The molecule has 3 rings (SSSR count). The van der Waals surface area contributed by atoms with Crippen LogP contribution in [-0.4, -0.2) is 34.5 Å². The number of aromatic carboxylic acids is 2. The molecule has 0 aliphatic carbocycles. The van der Waals surface area contributed by atoms with Crippen LogP contribution in [0.2, 0.25) is 0 Å². The second-order valence-corrected chi connectivity index (χ2v) is 7.03. The topological polar surface area (TPSA) is 83.8 Å². The lowest BCUT2D eigenvalue weighted by atomic mass is 9.71. The van der Waals surface area contributed by atoms with Crippen molar-refractivity contribution in [1.82, 2.24) is 0 Å². The van der Waals surface area contributed by atoms with Crippen molar-refractivity contribution in [3.8, 4) is 11.5 Å². The Morgan fingerprint density at radius 3 is 1.74 bits per heavy atom. The summed E-state index contributed by atoms with van der Waals surface area (Å²) in [6.07, 6.45) is -12.1. The summed E-state index contributed by atoms with van der Waals surface area (Å²) in [5.74, 6) is -4.66. The number of benzene rings is 3. The maximum atomic E-state index is 14.5. The lowest BCUT2D eigenvalue weighted by molar-refractivity contribution is -0.288. The van der Waals surface area contributed by atoms with E-state index >= 15 is 0 Å². The van der Waals surface area contributed by atoms with Crippen LogP contribution in [0.15, 0.2) is 72.8 Å². The number of ether oxygens (including phenoxy) is 1. The number of carboxylic acid groups (broad SMARTS) is 2. The smallest absolute Gasteiger partial charge is 0.411 e. The first-order chi connectivity index (χ1) is 15.8. The summed E-state index contributed by atoms with van der Waals surface area (Å²) in [5, 5.41) is 18.4. The van der Waals surface area contributed by atoms with E-state index in [4.69, 9.17) is 9.84 Å². The zero-order chi connectivity index (χ0) is 25.3. The fourth-order valence-corrected chi connectivity index (χ4v) is 3.57. The number of halogens is 6. The first kappa shape index (κ1) is 24.6. The van der Waals surface area contributed by atoms with Crippen LogP contribution in [0.25, 0.3) is 0 Å². The minimum atomic E-state index is -6.04. The summed E-state index contributed by atoms with van der Waals surface area (Å²) in [5.41, 5.74) is -9.82. The van der Waals surface area contributed by atoms with Gasteiger partial charge in [-0.05, 0) is 35.9 Å². The molecule has 2 N–H and O–H groups in total. The van der Waals surface area contributed by atoms with Gasteiger partial charge in [-0.1, -0.05) is 42.5 Å². The third kappa shape index (κ3) is 4.16. The molecule has 0 spiro atoms. The Morgan fingerprint density at radius 1 is 0.676 bits per heavy atom. The summed E-state index contributed by atoms with van der Waals surface area (Å²) in [4.78, 5) is 22.8. The zero-order valence-corrected chi connectivity index (χ0v) is 16.8. The van der Waals surface area contributed by atoms with Crippen molar-refractivity contribution >= 4 is 11.9 Å². The van der Waals surface area contributed by atoms with Gasteiger partial charge < -0.3 is 14.9 Å². The molecule has 0 amide bonds. The number of rotatable bonds is 6. The van der Waals surface area contributed by atoms with E-state index in [1.54, 1.807) is 6.07 Å². The van der Waals surface area contributed by atoms with Crippen molar-refractivity contribution < 1.29 is 50.9 Å². The van der Waals surface area contributed by atoms with E-state index in [0.29, 0.717) is 18.2 Å². The second-order valence-electron chi connectivity index (χ2n) is 7.03. The van der Waals surface area contributed by atoms with Gasteiger partial charge in [0.2, 0.25) is 5.41 Å². The molecule has 3 aromatic rings. The van der Waals surface area contributed by atoms with Gasteiger partial charge in [0.25, 0.3) is 0 Å². The molecule has 11 heteroatoms. The SMILES string of the molecule is O=C(O)c1ccc(C(c2ccccc2Oc2ccccc2)(C(F)(F)F)C(F)(F)F)cc1C(=O)O. The van der Waals surface area contributed by atoms with Gasteiger partial charge in [-0.2, -0.15) is 26.3 Å². The highest BCUT2D eigenvalue weighted by Gasteiger charge is 2.73. The zero-order valence-electron chi connectivity index (χ0n) is 16.8. The Bertz CT molecular complexity index is 1200. The molecule has 0 radical (unpaired) electrons. The molecular weight excluding hydrogens is 470 g/mol. The van der Waals surface area contributed by atoms with Gasteiger partial charge in [-0.3, -0.25) is 0 Å². The Labute approximate surface area is 187 Å². The third-order valence-electron chi connectivity index (χ3n) is 5.03. The van der Waals surface area contributed by atoms with E-state index in [1.807, 2.05) is 0 Å². The first-order valence-corrected chi connectivity index (χ1v) is 9.37. The number of para-hydroxylation sites is 2. The molecule has 0 aromatic heterocycles. The molecule has 0 fully saturated rings. The van der Waals surface area contributed by atoms with Crippen LogP contribution in [0.3, 0.4) is 0 Å². The van der Waals surface area contributed by atoms with Gasteiger partial charge in [0.05, 0.1) is 11.1 Å². The van der Waals surface area contributed by atoms with Crippen LogP contribution < -0.4 is 4.74 Å². The number of carbonyl (C=O) groups is 2. The molecule has 3 aromatic carbocycles. The molecule has 0 unspecified atom stereocenters. The Hall–Kier alpha value is -4.02. The van der Waals surface area contributed by atoms with Crippen LogP contribution in [0.4, 0.5) is 26.3 Å². The Morgan fingerprint density at radius 2 is 1.21 bits per heavy atom. The molecule has 5 nitrogen and oxygen atoms in total. The van der Waals surface area contributed by atoms with Gasteiger partial charge in [-0.15, -0.1) is 0 Å². The standard InChI is InChI=1S/C23H14F6O5/c24-22(25,26)21(23(27,28)29,13-10-11-15(19(30)31)16(12-13)20(32)33)17-8-4-5-9-18(17)34-14-6-2-1-3-7-14/h1-12H,(H,30,31)(H,32,33). The van der Waals surface area contributed by atoms with E-state index in [9.17, 15) is 41.0 Å². The molecule has 34 heavy (non-hydrogen) atoms. The fourth-order valence-electron chi connectivity index (χ4n) is 3.57. The molecule has 178 valence electrons. The highest BCUT2D eigenvalue weighted by Crippen LogP contribution is 2.58. The van der Waals surface area contributed by atoms with Crippen molar-refractivity contribution in [3.05, 3.63) is 95.1 Å². The van der Waals surface area contributed by atoms with E-state index in [1.165, 1.54) is 30.3 Å². The van der Waals surface area contributed by atoms with Crippen LogP contribution in [0.5, 0.6) is 11.5 Å². The highest BCUT2D eigenvalue weighted by molar-refractivity contribution is 6.01. The summed E-state index contributed by atoms with van der Waals surface area (Å²) < 4.78 is 92.4. The normalized spacial score (nSPS) is 12.3. The van der Waals surface area contributed by atoms with Gasteiger partial charge in [0, 0.05) is 5.56 Å². The van der Waals surface area contributed by atoms with Crippen LogP contribution in [0, 0.1) is 0 Å². The quantitative estimate of drug-likeness (QED) is 0.402. The first-order valence-electron chi connectivity index (χ1n) is 9.37. The van der Waals surface area contributed by atoms with E-state index in [-0.39, 0.29) is 11.8 Å². The number of hydrogen-bond acceptors (Lipinski definition) is 3. The minimum Gasteiger partial charge on any atom is -0.478 e. The number of carboxylic acids is 2. The monoisotopic (exact) mass is 484 g/mol. The van der Waals surface area contributed by atoms with E-state index < -0.39 is 57.7 Å². The highest BCUT2D eigenvalue weighted by atomic mass is 19.4. The van der Waals surface area contributed by atoms with Crippen molar-refractivity contribution in [1.29, 1.82) is 0 Å². The molecular formula is C23H14F6O5. The van der Waals surface area contributed by atoms with Crippen LogP contribution in [-0.2, 0) is 5.41 Å². The van der Waals surface area contributed by atoms with Gasteiger partial charge in [-0.25, -0.2) is 9.59 Å². The van der Waals surface area contributed by atoms with E-state index in [2.05, 4.69) is 0 Å². The number of hydrogen-bond donors (Lipinski definition) is 2. The minimum absolute atomic E-state index is 0.0411. The van der Waals surface area contributed by atoms with Gasteiger partial charge in [0.15, 0.2) is 0 Å². The van der Waals surface area contributed by atoms with E-state index in [0.717, 1.165) is 12.1 Å². The molecule has 0 heterocycles. The molecule has 0 saturated carbocycles. The molecule has 0 saturated heterocycles. The lowest BCUT2D eigenvalue weighted by Gasteiger charge is -2.39. The lowest BCUT2D eigenvalue weighted by Crippen LogP contribution is -2.55. The summed E-state index contributed by atoms with van der Waals surface area (Å²) in [7, 11) is 0. The van der Waals surface area contributed by atoms with Crippen molar-refractivity contribution in [2.24, 2.45) is 0 Å². The predicted octanol–water partition coefficient (Wildman–Crippen LogP) is 6.29. The molecule has 0 aliphatic heterocycles. The number of alkyl halides is 6. The maximum absolute atomic E-state index is 14.5. The second kappa shape index (κ2) is 8.73. The molecule has 0 atom stereocenters. The largest absolute Gasteiger partial charge is 0.478 e. The van der Waals surface area contributed by atoms with Crippen molar-refractivity contribution in [2.75, 3.05) is 0 Å². The van der Waals surface area contributed by atoms with Crippen molar-refractivity contribution in [2.45, 2.75) is 17.8 Å².